The molecular weight excluding hydrogens is 552 g/mol. The van der Waals surface area contributed by atoms with E-state index in [1.54, 1.807) is 31.2 Å². The number of nitrogens with two attached hydrogens (primary N) is 1. The van der Waals surface area contributed by atoms with Gasteiger partial charge in [0.1, 0.15) is 5.41 Å². The van der Waals surface area contributed by atoms with E-state index in [1.165, 1.54) is 18.1 Å². The van der Waals surface area contributed by atoms with Crippen LogP contribution in [-0.2, 0) is 15.0 Å². The van der Waals surface area contributed by atoms with Gasteiger partial charge in [0.05, 0.1) is 23.2 Å². The molecule has 5 N–H and O–H groups in total. The SMILES string of the molecule is CC1NC(N)C(C)(C(=O)O)C(c2cccc(C#N)c2)C1(CCCN1CCC(c2ccccc2)(c2ccccc2)CC1)C(=O)O. The van der Waals surface area contributed by atoms with E-state index in [4.69, 9.17) is 5.73 Å². The maximum Gasteiger partial charge on any atom is 0.312 e. The van der Waals surface area contributed by atoms with Crippen LogP contribution in [0.5, 0.6) is 0 Å². The predicted molar refractivity (Wildman–Crippen MR) is 169 cm³/mol. The zero-order valence-corrected chi connectivity index (χ0v) is 25.4. The molecule has 2 heterocycles. The first-order chi connectivity index (χ1) is 21.1. The van der Waals surface area contributed by atoms with Crippen molar-refractivity contribution in [2.75, 3.05) is 19.6 Å². The molecule has 230 valence electrons. The fourth-order valence-electron chi connectivity index (χ4n) is 8.03. The number of benzene rings is 3. The number of aliphatic carboxylic acids is 2. The average Bonchev–Trinajstić information content (AvgIpc) is 3.04. The standard InChI is InChI=1S/C36H42N4O4/c1-25-36(33(43)44,30(27-12-9-11-26(23-27)24-37)34(2,32(41)42)31(38)39-25)17-10-20-40-21-18-35(19-22-40,28-13-5-3-6-14-28)29-15-7-4-8-16-29/h3-9,11-16,23,25,30-31,39H,10,17-22,38H2,1-2H3,(H,41,42)(H,43,44). The minimum atomic E-state index is -1.63. The molecule has 8 nitrogen and oxygen atoms in total. The van der Waals surface area contributed by atoms with Gasteiger partial charge in [-0.3, -0.25) is 14.9 Å². The number of nitriles is 1. The highest BCUT2D eigenvalue weighted by molar-refractivity contribution is 5.83. The molecule has 5 unspecified atom stereocenters. The Morgan fingerprint density at radius 2 is 1.55 bits per heavy atom. The lowest BCUT2D eigenvalue weighted by Gasteiger charge is -2.56. The Labute approximate surface area is 259 Å². The van der Waals surface area contributed by atoms with Gasteiger partial charge in [-0.2, -0.15) is 5.26 Å². The van der Waals surface area contributed by atoms with E-state index in [2.05, 4.69) is 64.8 Å². The summed E-state index contributed by atoms with van der Waals surface area (Å²) in [4.78, 5) is 28.6. The van der Waals surface area contributed by atoms with Crippen LogP contribution in [-0.4, -0.2) is 58.9 Å². The quantitative estimate of drug-likeness (QED) is 0.273. The number of hydrogen-bond acceptors (Lipinski definition) is 6. The van der Waals surface area contributed by atoms with Gasteiger partial charge in [0, 0.05) is 17.4 Å². The largest absolute Gasteiger partial charge is 0.481 e. The fraction of sp³-hybridized carbons (Fsp3) is 0.417. The topological polar surface area (TPSA) is 140 Å². The van der Waals surface area contributed by atoms with Crippen molar-refractivity contribution in [3.05, 3.63) is 107 Å². The van der Waals surface area contributed by atoms with Crippen molar-refractivity contribution in [3.63, 3.8) is 0 Å². The van der Waals surface area contributed by atoms with Gasteiger partial charge in [0.2, 0.25) is 0 Å². The molecule has 0 spiro atoms. The van der Waals surface area contributed by atoms with E-state index < -0.39 is 40.9 Å². The molecule has 0 radical (unpaired) electrons. The van der Waals surface area contributed by atoms with E-state index in [1.807, 2.05) is 12.1 Å². The zero-order chi connectivity index (χ0) is 31.5. The smallest absolute Gasteiger partial charge is 0.312 e. The highest BCUT2D eigenvalue weighted by Gasteiger charge is 2.65. The third-order valence-electron chi connectivity index (χ3n) is 10.6. The summed E-state index contributed by atoms with van der Waals surface area (Å²) >= 11 is 0. The van der Waals surface area contributed by atoms with Crippen LogP contribution in [0.15, 0.2) is 84.9 Å². The van der Waals surface area contributed by atoms with Crippen molar-refractivity contribution in [2.45, 2.75) is 63.1 Å². The van der Waals surface area contributed by atoms with Gasteiger partial charge in [0.25, 0.3) is 0 Å². The molecular formula is C36H42N4O4. The first-order valence-corrected chi connectivity index (χ1v) is 15.4. The van der Waals surface area contributed by atoms with Gasteiger partial charge in [-0.05, 0) is 88.0 Å². The van der Waals surface area contributed by atoms with Crippen molar-refractivity contribution in [2.24, 2.45) is 16.6 Å². The summed E-state index contributed by atoms with van der Waals surface area (Å²) in [6.07, 6.45) is 1.73. The van der Waals surface area contributed by atoms with Crippen molar-refractivity contribution >= 4 is 11.9 Å². The van der Waals surface area contributed by atoms with Crippen LogP contribution >= 0.6 is 0 Å². The van der Waals surface area contributed by atoms with Crippen LogP contribution in [0.25, 0.3) is 0 Å². The Morgan fingerprint density at radius 3 is 2.07 bits per heavy atom. The number of piperidine rings is 2. The normalized spacial score (nSPS) is 28.5. The molecule has 2 saturated heterocycles. The highest BCUT2D eigenvalue weighted by atomic mass is 16.4. The molecule has 3 aromatic rings. The van der Waals surface area contributed by atoms with Crippen LogP contribution in [0.1, 0.15) is 67.7 Å². The van der Waals surface area contributed by atoms with E-state index in [-0.39, 0.29) is 11.8 Å². The van der Waals surface area contributed by atoms with Gasteiger partial charge in [-0.25, -0.2) is 0 Å². The van der Waals surface area contributed by atoms with Crippen LogP contribution in [0.3, 0.4) is 0 Å². The molecule has 5 rings (SSSR count). The summed E-state index contributed by atoms with van der Waals surface area (Å²) in [5, 5.41) is 34.1. The number of carbonyl (C=O) groups is 2. The van der Waals surface area contributed by atoms with E-state index in [0.29, 0.717) is 24.1 Å². The van der Waals surface area contributed by atoms with Crippen LogP contribution in [0, 0.1) is 22.2 Å². The van der Waals surface area contributed by atoms with Crippen molar-refractivity contribution in [1.82, 2.24) is 10.2 Å². The fourth-order valence-corrected chi connectivity index (χ4v) is 8.03. The molecule has 2 fully saturated rings. The summed E-state index contributed by atoms with van der Waals surface area (Å²) in [6.45, 7) is 5.73. The molecule has 0 amide bonds. The minimum absolute atomic E-state index is 0.0839. The number of nitrogens with zero attached hydrogens (tertiary/aromatic N) is 2. The summed E-state index contributed by atoms with van der Waals surface area (Å²) in [5.74, 6) is -3.19. The first-order valence-electron chi connectivity index (χ1n) is 15.4. The Morgan fingerprint density at radius 1 is 0.955 bits per heavy atom. The lowest BCUT2D eigenvalue weighted by atomic mass is 9.52. The zero-order valence-electron chi connectivity index (χ0n) is 25.4. The predicted octanol–water partition coefficient (Wildman–Crippen LogP) is 4.94. The second-order valence-electron chi connectivity index (χ2n) is 12.7. The first kappa shape index (κ1) is 31.4. The monoisotopic (exact) mass is 594 g/mol. The highest BCUT2D eigenvalue weighted by Crippen LogP contribution is 2.56. The molecule has 44 heavy (non-hydrogen) atoms. The van der Waals surface area contributed by atoms with Crippen molar-refractivity contribution in [3.8, 4) is 6.07 Å². The van der Waals surface area contributed by atoms with Gasteiger partial charge in [0.15, 0.2) is 0 Å². The lowest BCUT2D eigenvalue weighted by Crippen LogP contribution is -2.72. The van der Waals surface area contributed by atoms with Crippen molar-refractivity contribution < 1.29 is 19.8 Å². The molecule has 2 aliphatic heterocycles. The maximum atomic E-state index is 13.4. The molecule has 3 aromatic carbocycles. The second-order valence-corrected chi connectivity index (χ2v) is 12.7. The number of carboxylic acids is 2. The molecule has 0 bridgehead atoms. The molecule has 2 aliphatic rings. The third kappa shape index (κ3) is 5.30. The number of carboxylic acid groups (broad SMARTS) is 2. The summed E-state index contributed by atoms with van der Waals surface area (Å²) in [7, 11) is 0. The Hall–Kier alpha value is -4.03. The van der Waals surface area contributed by atoms with E-state index in [0.717, 1.165) is 25.9 Å². The molecule has 0 saturated carbocycles. The molecule has 5 atom stereocenters. The van der Waals surface area contributed by atoms with Crippen LogP contribution in [0.2, 0.25) is 0 Å². The van der Waals surface area contributed by atoms with E-state index in [9.17, 15) is 25.1 Å². The molecule has 8 heteroatoms. The number of likely N-dealkylation sites (tertiary alicyclic amines) is 1. The maximum absolute atomic E-state index is 13.4. The third-order valence-corrected chi connectivity index (χ3v) is 10.6. The van der Waals surface area contributed by atoms with Gasteiger partial charge >= 0.3 is 11.9 Å². The lowest BCUT2D eigenvalue weighted by molar-refractivity contribution is -0.172. The van der Waals surface area contributed by atoms with Crippen molar-refractivity contribution in [1.29, 1.82) is 5.26 Å². The summed E-state index contributed by atoms with van der Waals surface area (Å²) < 4.78 is 0. The second kappa shape index (κ2) is 12.5. The average molecular weight is 595 g/mol. The summed E-state index contributed by atoms with van der Waals surface area (Å²) in [6, 6.07) is 29.5. The number of nitrogens with one attached hydrogen (secondary N) is 1. The minimum Gasteiger partial charge on any atom is -0.481 e. The van der Waals surface area contributed by atoms with Crippen LogP contribution in [0.4, 0.5) is 0 Å². The summed E-state index contributed by atoms with van der Waals surface area (Å²) in [5.41, 5.74) is 6.73. The Balaban J connectivity index is 1.40. The number of rotatable bonds is 9. The van der Waals surface area contributed by atoms with E-state index >= 15 is 0 Å². The Kier molecular flexibility index (Phi) is 8.94. The Bertz CT molecular complexity index is 1470. The number of hydrogen-bond donors (Lipinski definition) is 4. The van der Waals surface area contributed by atoms with Crippen LogP contribution < -0.4 is 11.1 Å². The molecule has 0 aromatic heterocycles. The van der Waals surface area contributed by atoms with Gasteiger partial charge in [-0.15, -0.1) is 0 Å². The van der Waals surface area contributed by atoms with Gasteiger partial charge < -0.3 is 20.8 Å². The van der Waals surface area contributed by atoms with Gasteiger partial charge in [-0.1, -0.05) is 72.8 Å². The molecule has 0 aliphatic carbocycles.